The van der Waals surface area contributed by atoms with Crippen molar-refractivity contribution in [3.8, 4) is 0 Å². The van der Waals surface area contributed by atoms with Crippen LogP contribution in [-0.2, 0) is 4.79 Å². The predicted octanol–water partition coefficient (Wildman–Crippen LogP) is -0.536. The normalized spacial score (nSPS) is 13.9. The lowest BCUT2D eigenvalue weighted by Gasteiger charge is -2.13. The average molecular weight is 182 g/mol. The lowest BCUT2D eigenvalue weighted by Crippen LogP contribution is -2.36. The number of carbonyl (C=O) groups excluding carboxylic acids is 1. The molecule has 5 heteroatoms. The first kappa shape index (κ1) is 11.2. The minimum absolute atomic E-state index is 0.122. The Morgan fingerprint density at radius 1 is 1.62 bits per heavy atom. The topological polar surface area (TPSA) is 93.5 Å². The highest BCUT2D eigenvalue weighted by molar-refractivity contribution is 5.87. The third-order valence-corrected chi connectivity index (χ3v) is 1.48. The molecule has 72 valence electrons. The molecular formula is C8H14N4O. The second kappa shape index (κ2) is 4.97. The molecule has 0 aromatic rings. The number of amides is 1. The molecule has 0 rings (SSSR count). The summed E-state index contributed by atoms with van der Waals surface area (Å²) in [7, 11) is 0. The first-order valence-electron chi connectivity index (χ1n) is 3.67. The minimum Gasteiger partial charge on any atom is -0.397 e. The van der Waals surface area contributed by atoms with Gasteiger partial charge in [-0.2, -0.15) is 0 Å². The van der Waals surface area contributed by atoms with Crippen molar-refractivity contribution in [3.05, 3.63) is 24.2 Å². The van der Waals surface area contributed by atoms with Gasteiger partial charge in [0.05, 0.1) is 11.7 Å². The summed E-state index contributed by atoms with van der Waals surface area (Å²) < 4.78 is 0. The average Bonchev–Trinajstić information content (AvgIpc) is 2.14. The highest BCUT2D eigenvalue weighted by atomic mass is 16.1. The maximum absolute atomic E-state index is 10.8. The van der Waals surface area contributed by atoms with Crippen LogP contribution in [0.4, 0.5) is 0 Å². The molecule has 0 aliphatic rings. The van der Waals surface area contributed by atoms with E-state index in [9.17, 15) is 4.79 Å². The Bertz CT molecular complexity index is 257. The fraction of sp³-hybridized carbons (Fsp3) is 0.250. The van der Waals surface area contributed by atoms with Crippen molar-refractivity contribution < 1.29 is 4.79 Å². The van der Waals surface area contributed by atoms with E-state index in [0.29, 0.717) is 0 Å². The van der Waals surface area contributed by atoms with Crippen molar-refractivity contribution in [1.82, 2.24) is 5.32 Å². The first-order chi connectivity index (χ1) is 6.02. The van der Waals surface area contributed by atoms with Crippen molar-refractivity contribution in [2.45, 2.75) is 13.0 Å². The Labute approximate surface area is 77.2 Å². The van der Waals surface area contributed by atoms with Gasteiger partial charge in [0.2, 0.25) is 5.91 Å². The van der Waals surface area contributed by atoms with Gasteiger partial charge >= 0.3 is 0 Å². The van der Waals surface area contributed by atoms with E-state index in [1.165, 1.54) is 0 Å². The van der Waals surface area contributed by atoms with E-state index in [1.54, 1.807) is 6.92 Å². The van der Waals surface area contributed by atoms with Crippen LogP contribution in [0.5, 0.6) is 0 Å². The molecule has 0 aromatic carbocycles. The fourth-order valence-corrected chi connectivity index (χ4v) is 0.663. The molecule has 13 heavy (non-hydrogen) atoms. The maximum Gasteiger partial charge on any atom is 0.243 e. The number of nitrogens with zero attached hydrogens (tertiary/aromatic N) is 1. The quantitative estimate of drug-likeness (QED) is 0.403. The number of hydrogen-bond acceptors (Lipinski definition) is 4. The second-order valence-corrected chi connectivity index (χ2v) is 2.43. The molecule has 5 N–H and O–H groups in total. The van der Waals surface area contributed by atoms with Crippen LogP contribution >= 0.6 is 0 Å². The van der Waals surface area contributed by atoms with Gasteiger partial charge in [0, 0.05) is 0 Å². The van der Waals surface area contributed by atoms with E-state index in [0.717, 1.165) is 6.08 Å². The van der Waals surface area contributed by atoms with Crippen LogP contribution in [0.3, 0.4) is 0 Å². The molecule has 1 amide bonds. The summed E-state index contributed by atoms with van der Waals surface area (Å²) in [4.78, 5) is 14.3. The van der Waals surface area contributed by atoms with Crippen LogP contribution in [0.15, 0.2) is 29.2 Å². The molecule has 0 unspecified atom stereocenters. The van der Waals surface area contributed by atoms with Crippen LogP contribution in [-0.4, -0.2) is 18.7 Å². The molecule has 5 nitrogen and oxygen atoms in total. The summed E-state index contributed by atoms with van der Waals surface area (Å²) in [5, 5.41) is 2.54. The van der Waals surface area contributed by atoms with E-state index in [1.807, 2.05) is 0 Å². The summed E-state index contributed by atoms with van der Waals surface area (Å²) in [6.45, 7) is 8.21. The molecule has 0 fully saturated rings. The zero-order valence-electron chi connectivity index (χ0n) is 7.58. The Morgan fingerprint density at radius 3 is 2.54 bits per heavy atom. The van der Waals surface area contributed by atoms with E-state index >= 15 is 0 Å². The van der Waals surface area contributed by atoms with Gasteiger partial charge < -0.3 is 16.8 Å². The highest BCUT2D eigenvalue weighted by Crippen LogP contribution is 1.98. The molecule has 0 aromatic heterocycles. The number of nitrogens with one attached hydrogen (secondary N) is 1. The molecule has 0 aliphatic carbocycles. The van der Waals surface area contributed by atoms with Crippen molar-refractivity contribution in [2.24, 2.45) is 16.5 Å². The van der Waals surface area contributed by atoms with Crippen LogP contribution in [0.1, 0.15) is 6.92 Å². The largest absolute Gasteiger partial charge is 0.397 e. The van der Waals surface area contributed by atoms with E-state index < -0.39 is 0 Å². The summed E-state index contributed by atoms with van der Waals surface area (Å²) in [6.07, 6.45) is 1.15. The van der Waals surface area contributed by atoms with E-state index in [4.69, 9.17) is 11.5 Å². The molecule has 0 heterocycles. The van der Waals surface area contributed by atoms with Crippen LogP contribution < -0.4 is 16.8 Å². The fourth-order valence-electron chi connectivity index (χ4n) is 0.663. The number of carbonyl (C=O) groups is 1. The molecular weight excluding hydrogens is 168 g/mol. The van der Waals surface area contributed by atoms with E-state index in [2.05, 4.69) is 23.6 Å². The number of rotatable bonds is 4. The zero-order chi connectivity index (χ0) is 10.4. The Morgan fingerprint density at radius 2 is 2.15 bits per heavy atom. The molecule has 0 saturated heterocycles. The van der Waals surface area contributed by atoms with Gasteiger partial charge in [-0.3, -0.25) is 4.79 Å². The molecule has 0 aliphatic heterocycles. The summed E-state index contributed by atoms with van der Waals surface area (Å²) in [5.74, 6) is -0.191. The van der Waals surface area contributed by atoms with Gasteiger partial charge in [-0.05, 0) is 19.7 Å². The summed E-state index contributed by atoms with van der Waals surface area (Å²) in [5.41, 5.74) is 11.2. The maximum atomic E-state index is 10.8. The summed E-state index contributed by atoms with van der Waals surface area (Å²) >= 11 is 0. The third-order valence-electron chi connectivity index (χ3n) is 1.48. The molecule has 0 bridgehead atoms. The molecule has 0 radical (unpaired) electrons. The highest BCUT2D eigenvalue weighted by Gasteiger charge is 2.09. The monoisotopic (exact) mass is 182 g/mol. The van der Waals surface area contributed by atoms with Gasteiger partial charge in [-0.1, -0.05) is 6.58 Å². The number of nitrogens with two attached hydrogens (primary N) is 2. The molecule has 0 saturated carbocycles. The summed E-state index contributed by atoms with van der Waals surface area (Å²) in [6, 6.07) is -0.379. The Balaban J connectivity index is 4.43. The van der Waals surface area contributed by atoms with Gasteiger partial charge in [0.1, 0.15) is 5.82 Å². The molecule has 1 atom stereocenters. The van der Waals surface area contributed by atoms with Gasteiger partial charge in [-0.15, -0.1) is 0 Å². The first-order valence-corrected chi connectivity index (χ1v) is 3.67. The third kappa shape index (κ3) is 3.42. The van der Waals surface area contributed by atoms with Crippen LogP contribution in [0.2, 0.25) is 0 Å². The lowest BCUT2D eigenvalue weighted by atomic mass is 10.2. The van der Waals surface area contributed by atoms with Crippen LogP contribution in [0.25, 0.3) is 0 Å². The smallest absolute Gasteiger partial charge is 0.243 e. The Kier molecular flexibility index (Phi) is 4.29. The van der Waals surface area contributed by atoms with Crippen molar-refractivity contribution >= 4 is 12.6 Å². The van der Waals surface area contributed by atoms with E-state index in [-0.39, 0.29) is 23.5 Å². The lowest BCUT2D eigenvalue weighted by molar-refractivity contribution is -0.116. The minimum atomic E-state index is -0.379. The van der Waals surface area contributed by atoms with Crippen LogP contribution in [0, 0.1) is 0 Å². The Hall–Kier alpha value is -1.78. The second-order valence-electron chi connectivity index (χ2n) is 2.43. The SMILES string of the molecule is C=CC(=O)N[C@H](C)/C(N)=C(/N)N=C. The zero-order valence-corrected chi connectivity index (χ0v) is 7.58. The standard InChI is InChI=1S/C8H14N4O/c1-4-6(13)12-5(2)7(9)8(10)11-3/h4-5H,1,3,9-10H2,2H3,(H,12,13)/b8-7+/t5-/m1/s1. The van der Waals surface area contributed by atoms with Crippen molar-refractivity contribution in [3.63, 3.8) is 0 Å². The van der Waals surface area contributed by atoms with Gasteiger partial charge in [0.25, 0.3) is 0 Å². The number of hydrogen-bond donors (Lipinski definition) is 3. The van der Waals surface area contributed by atoms with Gasteiger partial charge in [0.15, 0.2) is 0 Å². The van der Waals surface area contributed by atoms with Crippen molar-refractivity contribution in [2.75, 3.05) is 0 Å². The van der Waals surface area contributed by atoms with Gasteiger partial charge in [-0.25, -0.2) is 4.99 Å². The predicted molar refractivity (Wildman–Crippen MR) is 52.8 cm³/mol. The number of aliphatic imine (C=N–C) groups is 1. The molecule has 0 spiro atoms. The van der Waals surface area contributed by atoms with Crippen molar-refractivity contribution in [1.29, 1.82) is 0 Å².